The zero-order valence-electron chi connectivity index (χ0n) is 19.3. The number of aromatic nitrogens is 2. The number of carbonyl (C=O) groups is 2. The standard InChI is InChI=1S/C27H25ClN4O3/c1-2-23-27(34)32(22-15-18(28)11-12-24(22)35-23)16-26(33)29-19-7-5-6-17(14-19)10-13-25-30-20-8-3-4-9-21(20)31-25/h3-9,11-12,14-15,23H,2,10,13,16H2,1H3,(H,29,33)(H,30,31)/t23-/m1/s1. The smallest absolute Gasteiger partial charge is 0.268 e. The number of nitrogens with zero attached hydrogens (tertiary/aromatic N) is 2. The highest BCUT2D eigenvalue weighted by molar-refractivity contribution is 6.31. The van der Waals surface area contributed by atoms with Crippen LogP contribution in [0.25, 0.3) is 11.0 Å². The lowest BCUT2D eigenvalue weighted by Gasteiger charge is -2.33. The number of nitrogens with one attached hydrogen (secondary N) is 2. The number of ether oxygens (including phenoxy) is 1. The van der Waals surface area contributed by atoms with Crippen molar-refractivity contribution >= 4 is 45.8 Å². The van der Waals surface area contributed by atoms with Crippen LogP contribution >= 0.6 is 11.6 Å². The molecule has 35 heavy (non-hydrogen) atoms. The number of aryl methyl sites for hydroxylation is 2. The van der Waals surface area contributed by atoms with Crippen LogP contribution in [0.3, 0.4) is 0 Å². The van der Waals surface area contributed by atoms with Crippen LogP contribution in [-0.2, 0) is 22.4 Å². The van der Waals surface area contributed by atoms with E-state index >= 15 is 0 Å². The quantitative estimate of drug-likeness (QED) is 0.377. The van der Waals surface area contributed by atoms with Crippen LogP contribution < -0.4 is 15.0 Å². The molecule has 2 N–H and O–H groups in total. The first-order chi connectivity index (χ1) is 17.0. The SMILES string of the molecule is CC[C@H]1Oc2ccc(Cl)cc2N(CC(=O)Nc2cccc(CCc3nc4ccccc4[nH]3)c2)C1=O. The van der Waals surface area contributed by atoms with Crippen molar-refractivity contribution in [1.82, 2.24) is 9.97 Å². The number of halogens is 1. The van der Waals surface area contributed by atoms with Gasteiger partial charge in [0.05, 0.1) is 16.7 Å². The molecular weight excluding hydrogens is 464 g/mol. The Balaban J connectivity index is 1.26. The number of amides is 2. The van der Waals surface area contributed by atoms with Gasteiger partial charge in [0.15, 0.2) is 6.10 Å². The first-order valence-corrected chi connectivity index (χ1v) is 12.0. The molecule has 0 unspecified atom stereocenters. The monoisotopic (exact) mass is 488 g/mol. The van der Waals surface area contributed by atoms with Crippen molar-refractivity contribution < 1.29 is 14.3 Å². The van der Waals surface area contributed by atoms with E-state index < -0.39 is 6.10 Å². The van der Waals surface area contributed by atoms with E-state index in [1.807, 2.05) is 55.5 Å². The van der Waals surface area contributed by atoms with Gasteiger partial charge in [-0.15, -0.1) is 0 Å². The first kappa shape index (κ1) is 22.9. The van der Waals surface area contributed by atoms with Crippen LogP contribution in [0, 0.1) is 0 Å². The molecule has 5 rings (SSSR count). The van der Waals surface area contributed by atoms with Gasteiger partial charge < -0.3 is 15.0 Å². The normalized spacial score (nSPS) is 15.1. The average Bonchev–Trinajstić information content (AvgIpc) is 3.28. The predicted octanol–water partition coefficient (Wildman–Crippen LogP) is 5.14. The van der Waals surface area contributed by atoms with Crippen LogP contribution in [0.1, 0.15) is 24.7 Å². The molecule has 7 nitrogen and oxygen atoms in total. The van der Waals surface area contributed by atoms with E-state index in [1.165, 1.54) is 4.90 Å². The molecule has 4 aromatic rings. The number of benzene rings is 3. The van der Waals surface area contributed by atoms with Gasteiger partial charge in [0.1, 0.15) is 18.1 Å². The Kier molecular flexibility index (Phi) is 6.42. The fraction of sp³-hybridized carbons (Fsp3) is 0.222. The minimum atomic E-state index is -0.627. The van der Waals surface area contributed by atoms with Crippen molar-refractivity contribution in [3.05, 3.63) is 83.1 Å². The average molecular weight is 489 g/mol. The third-order valence-corrected chi connectivity index (χ3v) is 6.23. The molecule has 3 aromatic carbocycles. The highest BCUT2D eigenvalue weighted by Crippen LogP contribution is 2.36. The molecule has 0 aliphatic carbocycles. The molecule has 8 heteroatoms. The van der Waals surface area contributed by atoms with E-state index in [1.54, 1.807) is 18.2 Å². The summed E-state index contributed by atoms with van der Waals surface area (Å²) >= 11 is 6.14. The second-order valence-corrected chi connectivity index (χ2v) is 8.94. The summed E-state index contributed by atoms with van der Waals surface area (Å²) in [5, 5.41) is 3.39. The fourth-order valence-corrected chi connectivity index (χ4v) is 4.42. The number of rotatable bonds is 7. The Bertz CT molecular complexity index is 1370. The molecule has 0 radical (unpaired) electrons. The molecule has 1 atom stereocenters. The first-order valence-electron chi connectivity index (χ1n) is 11.6. The number of hydrogen-bond acceptors (Lipinski definition) is 4. The molecule has 0 spiro atoms. The molecule has 1 aliphatic heterocycles. The number of imidazole rings is 1. The van der Waals surface area contributed by atoms with Crippen molar-refractivity contribution in [3.63, 3.8) is 0 Å². The van der Waals surface area contributed by atoms with E-state index in [4.69, 9.17) is 16.3 Å². The second kappa shape index (κ2) is 9.80. The van der Waals surface area contributed by atoms with Gasteiger partial charge in [-0.05, 0) is 60.9 Å². The number of anilines is 2. The number of H-pyrrole nitrogens is 1. The van der Waals surface area contributed by atoms with E-state index in [-0.39, 0.29) is 18.4 Å². The largest absolute Gasteiger partial charge is 0.478 e. The molecule has 1 aliphatic rings. The molecule has 0 saturated heterocycles. The summed E-state index contributed by atoms with van der Waals surface area (Å²) in [7, 11) is 0. The summed E-state index contributed by atoms with van der Waals surface area (Å²) in [6, 6.07) is 20.7. The Hall–Kier alpha value is -3.84. The maximum Gasteiger partial charge on any atom is 0.268 e. The van der Waals surface area contributed by atoms with Crippen LogP contribution in [0.4, 0.5) is 11.4 Å². The molecule has 0 fully saturated rings. The lowest BCUT2D eigenvalue weighted by Crippen LogP contribution is -2.48. The summed E-state index contributed by atoms with van der Waals surface area (Å²) in [5.74, 6) is 0.919. The third kappa shape index (κ3) is 5.00. The minimum Gasteiger partial charge on any atom is -0.478 e. The molecule has 2 amide bonds. The van der Waals surface area contributed by atoms with Gasteiger partial charge in [-0.25, -0.2) is 4.98 Å². The maximum atomic E-state index is 12.9. The Morgan fingerprint density at radius 1 is 1.11 bits per heavy atom. The molecule has 1 aromatic heterocycles. The van der Waals surface area contributed by atoms with Gasteiger partial charge in [0, 0.05) is 17.1 Å². The van der Waals surface area contributed by atoms with Gasteiger partial charge in [0.2, 0.25) is 5.91 Å². The van der Waals surface area contributed by atoms with Crippen LogP contribution in [0.5, 0.6) is 5.75 Å². The topological polar surface area (TPSA) is 87.3 Å². The summed E-state index contributed by atoms with van der Waals surface area (Å²) in [4.78, 5) is 35.3. The number of carbonyl (C=O) groups excluding carboxylic acids is 2. The third-order valence-electron chi connectivity index (χ3n) is 5.99. The molecular formula is C27H25ClN4O3. The Morgan fingerprint density at radius 2 is 1.97 bits per heavy atom. The van der Waals surface area contributed by atoms with Crippen molar-refractivity contribution in [2.45, 2.75) is 32.3 Å². The number of aromatic amines is 1. The summed E-state index contributed by atoms with van der Waals surface area (Å²) in [5.41, 5.74) is 4.23. The van der Waals surface area contributed by atoms with E-state index in [0.29, 0.717) is 28.6 Å². The fourth-order valence-electron chi connectivity index (χ4n) is 4.25. The van der Waals surface area contributed by atoms with Crippen molar-refractivity contribution in [2.24, 2.45) is 0 Å². The summed E-state index contributed by atoms with van der Waals surface area (Å²) in [6.45, 7) is 1.74. The van der Waals surface area contributed by atoms with E-state index in [2.05, 4.69) is 15.3 Å². The predicted molar refractivity (Wildman–Crippen MR) is 137 cm³/mol. The van der Waals surface area contributed by atoms with E-state index in [0.717, 1.165) is 35.3 Å². The van der Waals surface area contributed by atoms with E-state index in [9.17, 15) is 9.59 Å². The maximum absolute atomic E-state index is 12.9. The van der Waals surface area contributed by atoms with Crippen molar-refractivity contribution in [1.29, 1.82) is 0 Å². The summed E-state index contributed by atoms with van der Waals surface area (Å²) < 4.78 is 5.79. The molecule has 2 heterocycles. The van der Waals surface area contributed by atoms with Gasteiger partial charge in [-0.2, -0.15) is 0 Å². The van der Waals surface area contributed by atoms with Gasteiger partial charge in [-0.3, -0.25) is 14.5 Å². The van der Waals surface area contributed by atoms with Gasteiger partial charge >= 0.3 is 0 Å². The molecule has 178 valence electrons. The summed E-state index contributed by atoms with van der Waals surface area (Å²) in [6.07, 6.45) is 1.41. The zero-order valence-corrected chi connectivity index (χ0v) is 20.0. The highest BCUT2D eigenvalue weighted by Gasteiger charge is 2.34. The number of fused-ring (bicyclic) bond motifs is 2. The van der Waals surface area contributed by atoms with Crippen LogP contribution in [0.2, 0.25) is 5.02 Å². The van der Waals surface area contributed by atoms with Crippen LogP contribution in [-0.4, -0.2) is 34.4 Å². The molecule has 0 saturated carbocycles. The lowest BCUT2D eigenvalue weighted by molar-refractivity contribution is -0.128. The minimum absolute atomic E-state index is 0.130. The van der Waals surface area contributed by atoms with Gasteiger partial charge in [-0.1, -0.05) is 42.8 Å². The number of para-hydroxylation sites is 2. The van der Waals surface area contributed by atoms with Crippen molar-refractivity contribution in [3.8, 4) is 5.75 Å². The Morgan fingerprint density at radius 3 is 2.80 bits per heavy atom. The van der Waals surface area contributed by atoms with Gasteiger partial charge in [0.25, 0.3) is 5.91 Å². The second-order valence-electron chi connectivity index (χ2n) is 8.50. The Labute approximate surface area is 208 Å². The van der Waals surface area contributed by atoms with Crippen molar-refractivity contribution in [2.75, 3.05) is 16.8 Å². The van der Waals surface area contributed by atoms with Crippen LogP contribution in [0.15, 0.2) is 66.7 Å². The zero-order chi connectivity index (χ0) is 24.4. The molecule has 0 bridgehead atoms. The lowest BCUT2D eigenvalue weighted by atomic mass is 10.1. The number of hydrogen-bond donors (Lipinski definition) is 2. The highest BCUT2D eigenvalue weighted by atomic mass is 35.5.